The Balaban J connectivity index is 2.21. The van der Waals surface area contributed by atoms with Crippen LogP contribution in [0, 0.1) is 29.6 Å². The van der Waals surface area contributed by atoms with E-state index in [9.17, 15) is 15.0 Å². The van der Waals surface area contributed by atoms with Crippen molar-refractivity contribution in [3.05, 3.63) is 36.0 Å². The van der Waals surface area contributed by atoms with E-state index in [-0.39, 0.29) is 24.4 Å². The Morgan fingerprint density at radius 1 is 1.36 bits per heavy atom. The Morgan fingerprint density at radius 2 is 2.09 bits per heavy atom. The average molecular weight is 306 g/mol. The summed E-state index contributed by atoms with van der Waals surface area (Å²) in [7, 11) is 0. The summed E-state index contributed by atoms with van der Waals surface area (Å²) in [6.07, 6.45) is 9.81. The summed E-state index contributed by atoms with van der Waals surface area (Å²) < 4.78 is 0. The summed E-state index contributed by atoms with van der Waals surface area (Å²) in [5.41, 5.74) is 1.14. The summed E-state index contributed by atoms with van der Waals surface area (Å²) in [6.45, 7) is 4.41. The SMILES string of the molecule is CC1=C[C@H](O)[C@H]2C[C@@H](CO)C[C@@H](C)[C@@H]2[C@H]1C=CC=CC(=O)O. The molecule has 1 saturated carbocycles. The minimum absolute atomic E-state index is 0.169. The topological polar surface area (TPSA) is 77.8 Å². The van der Waals surface area contributed by atoms with Gasteiger partial charge in [0, 0.05) is 18.6 Å². The molecule has 2 aliphatic rings. The molecule has 6 atom stereocenters. The van der Waals surface area contributed by atoms with E-state index in [1.54, 1.807) is 12.2 Å². The van der Waals surface area contributed by atoms with Gasteiger partial charge in [0.25, 0.3) is 0 Å². The zero-order valence-corrected chi connectivity index (χ0v) is 13.2. The highest BCUT2D eigenvalue weighted by molar-refractivity contribution is 5.80. The van der Waals surface area contributed by atoms with Crippen molar-refractivity contribution in [1.82, 2.24) is 0 Å². The molecule has 0 spiro atoms. The van der Waals surface area contributed by atoms with E-state index in [1.807, 2.05) is 19.1 Å². The molecule has 3 N–H and O–H groups in total. The first kappa shape index (κ1) is 17.0. The fraction of sp³-hybridized carbons (Fsp3) is 0.611. The zero-order valence-electron chi connectivity index (χ0n) is 13.2. The number of aliphatic hydroxyl groups is 2. The molecular weight excluding hydrogens is 280 g/mol. The van der Waals surface area contributed by atoms with Crippen molar-refractivity contribution in [3.63, 3.8) is 0 Å². The van der Waals surface area contributed by atoms with E-state index >= 15 is 0 Å². The maximum absolute atomic E-state index is 10.5. The maximum atomic E-state index is 10.5. The number of rotatable bonds is 4. The van der Waals surface area contributed by atoms with E-state index in [4.69, 9.17) is 5.11 Å². The van der Waals surface area contributed by atoms with Gasteiger partial charge in [0.2, 0.25) is 0 Å². The summed E-state index contributed by atoms with van der Waals surface area (Å²) in [5.74, 6) is 0.480. The maximum Gasteiger partial charge on any atom is 0.328 e. The highest BCUT2D eigenvalue weighted by Crippen LogP contribution is 2.48. The Labute approximate surface area is 131 Å². The minimum Gasteiger partial charge on any atom is -0.478 e. The second kappa shape index (κ2) is 7.25. The number of aliphatic carboxylic acids is 1. The molecule has 1 fully saturated rings. The van der Waals surface area contributed by atoms with Crippen LogP contribution in [0.3, 0.4) is 0 Å². The van der Waals surface area contributed by atoms with Gasteiger partial charge >= 0.3 is 5.97 Å². The number of hydrogen-bond donors (Lipinski definition) is 3. The van der Waals surface area contributed by atoms with Crippen LogP contribution in [-0.4, -0.2) is 34.0 Å². The Morgan fingerprint density at radius 3 is 2.73 bits per heavy atom. The van der Waals surface area contributed by atoms with Gasteiger partial charge in [-0.1, -0.05) is 36.8 Å². The monoisotopic (exact) mass is 306 g/mol. The van der Waals surface area contributed by atoms with Gasteiger partial charge in [-0.15, -0.1) is 0 Å². The molecule has 0 aromatic heterocycles. The van der Waals surface area contributed by atoms with Crippen LogP contribution in [0.1, 0.15) is 26.7 Å². The van der Waals surface area contributed by atoms with Gasteiger partial charge in [0.1, 0.15) is 0 Å². The smallest absolute Gasteiger partial charge is 0.328 e. The molecule has 2 aliphatic carbocycles. The van der Waals surface area contributed by atoms with E-state index < -0.39 is 12.1 Å². The fourth-order valence-corrected chi connectivity index (χ4v) is 4.29. The molecule has 0 radical (unpaired) electrons. The van der Waals surface area contributed by atoms with Crippen LogP contribution in [-0.2, 0) is 4.79 Å². The summed E-state index contributed by atoms with van der Waals surface area (Å²) in [5, 5.41) is 28.5. The molecule has 0 aliphatic heterocycles. The van der Waals surface area contributed by atoms with Crippen molar-refractivity contribution in [2.24, 2.45) is 29.6 Å². The van der Waals surface area contributed by atoms with Crippen LogP contribution in [0.25, 0.3) is 0 Å². The minimum atomic E-state index is -0.953. The van der Waals surface area contributed by atoms with Crippen LogP contribution in [0.2, 0.25) is 0 Å². The molecule has 0 bridgehead atoms. The molecule has 122 valence electrons. The molecule has 0 amide bonds. The van der Waals surface area contributed by atoms with E-state index in [0.29, 0.717) is 11.8 Å². The van der Waals surface area contributed by atoms with Crippen LogP contribution in [0.15, 0.2) is 36.0 Å². The van der Waals surface area contributed by atoms with Crippen LogP contribution in [0.5, 0.6) is 0 Å². The standard InChI is InChI=1S/C18H26O4/c1-11-8-16(20)15-9-13(10-19)7-12(2)18(15)14(11)5-3-4-6-17(21)22/h3-6,8,12-16,18-20H,7,9-10H2,1-2H3,(H,21,22)/t12-,13+,14+,15-,16+,18-/m1/s1. The molecule has 22 heavy (non-hydrogen) atoms. The highest BCUT2D eigenvalue weighted by Gasteiger charge is 2.44. The lowest BCUT2D eigenvalue weighted by atomic mass is 9.58. The van der Waals surface area contributed by atoms with E-state index in [0.717, 1.165) is 24.5 Å². The summed E-state index contributed by atoms with van der Waals surface area (Å²) in [4.78, 5) is 10.5. The highest BCUT2D eigenvalue weighted by atomic mass is 16.4. The molecule has 4 heteroatoms. The second-order valence-electron chi connectivity index (χ2n) is 6.75. The van der Waals surface area contributed by atoms with Crippen molar-refractivity contribution in [3.8, 4) is 0 Å². The Kier molecular flexibility index (Phi) is 5.59. The van der Waals surface area contributed by atoms with Crippen molar-refractivity contribution in [2.45, 2.75) is 32.8 Å². The molecule has 0 unspecified atom stereocenters. The Hall–Kier alpha value is -1.39. The van der Waals surface area contributed by atoms with E-state index in [2.05, 4.69) is 6.92 Å². The first-order valence-corrected chi connectivity index (χ1v) is 7.99. The number of aliphatic hydroxyl groups excluding tert-OH is 2. The third-order valence-electron chi connectivity index (χ3n) is 5.20. The van der Waals surface area contributed by atoms with Gasteiger partial charge in [-0.05, 0) is 43.4 Å². The molecule has 0 heterocycles. The first-order valence-electron chi connectivity index (χ1n) is 7.99. The molecule has 0 saturated heterocycles. The second-order valence-corrected chi connectivity index (χ2v) is 6.75. The third kappa shape index (κ3) is 3.68. The molecular formula is C18H26O4. The van der Waals surface area contributed by atoms with Crippen molar-refractivity contribution >= 4 is 5.97 Å². The van der Waals surface area contributed by atoms with Crippen LogP contribution < -0.4 is 0 Å². The van der Waals surface area contributed by atoms with Crippen LogP contribution >= 0.6 is 0 Å². The van der Waals surface area contributed by atoms with Gasteiger partial charge < -0.3 is 15.3 Å². The molecule has 2 rings (SSSR count). The molecule has 4 nitrogen and oxygen atoms in total. The number of hydrogen-bond acceptors (Lipinski definition) is 3. The number of fused-ring (bicyclic) bond motifs is 1. The van der Waals surface area contributed by atoms with Crippen LogP contribution in [0.4, 0.5) is 0 Å². The van der Waals surface area contributed by atoms with Gasteiger partial charge in [-0.25, -0.2) is 4.79 Å². The van der Waals surface area contributed by atoms with E-state index in [1.165, 1.54) is 0 Å². The quantitative estimate of drug-likeness (QED) is 0.423. The zero-order chi connectivity index (χ0) is 16.3. The van der Waals surface area contributed by atoms with Gasteiger partial charge in [-0.2, -0.15) is 0 Å². The lowest BCUT2D eigenvalue weighted by Gasteiger charge is -2.48. The van der Waals surface area contributed by atoms with Gasteiger partial charge in [-0.3, -0.25) is 0 Å². The van der Waals surface area contributed by atoms with Gasteiger partial charge in [0.05, 0.1) is 6.10 Å². The fourth-order valence-electron chi connectivity index (χ4n) is 4.29. The predicted octanol–water partition coefficient (Wildman–Crippen LogP) is 2.39. The van der Waals surface area contributed by atoms with Crippen molar-refractivity contribution in [1.29, 1.82) is 0 Å². The van der Waals surface area contributed by atoms with Gasteiger partial charge in [0.15, 0.2) is 0 Å². The lowest BCUT2D eigenvalue weighted by molar-refractivity contribution is -0.131. The predicted molar refractivity (Wildman–Crippen MR) is 85.1 cm³/mol. The molecule has 0 aromatic carbocycles. The number of carboxylic acids is 1. The van der Waals surface area contributed by atoms with Crippen molar-refractivity contribution < 1.29 is 20.1 Å². The third-order valence-corrected chi connectivity index (χ3v) is 5.20. The van der Waals surface area contributed by atoms with Crippen molar-refractivity contribution in [2.75, 3.05) is 6.61 Å². The number of carbonyl (C=O) groups is 1. The molecule has 0 aromatic rings. The average Bonchev–Trinajstić information content (AvgIpc) is 2.46. The number of carboxylic acid groups (broad SMARTS) is 1. The Bertz CT molecular complexity index is 491. The first-order chi connectivity index (χ1) is 10.4. The number of allylic oxidation sites excluding steroid dienone is 4. The lowest BCUT2D eigenvalue weighted by Crippen LogP contribution is -2.44. The normalized spacial score (nSPS) is 39.0. The summed E-state index contributed by atoms with van der Waals surface area (Å²) in [6, 6.07) is 0. The summed E-state index contributed by atoms with van der Waals surface area (Å²) >= 11 is 0. The largest absolute Gasteiger partial charge is 0.478 e.